The summed E-state index contributed by atoms with van der Waals surface area (Å²) in [4.78, 5) is 26.1. The van der Waals surface area contributed by atoms with E-state index >= 15 is 0 Å². The first-order valence-electron chi connectivity index (χ1n) is 5.69. The van der Waals surface area contributed by atoms with Crippen LogP contribution in [0.25, 0.3) is 0 Å². The molecule has 1 aromatic heterocycles. The third-order valence-corrected chi connectivity index (χ3v) is 3.03. The molecular weight excluding hydrogens is 296 g/mol. The second kappa shape index (κ2) is 6.60. The average Bonchev–Trinajstić information content (AvgIpc) is 2.76. The lowest BCUT2D eigenvalue weighted by atomic mass is 10.1. The van der Waals surface area contributed by atoms with E-state index in [-0.39, 0.29) is 11.5 Å². The van der Waals surface area contributed by atoms with Gasteiger partial charge in [-0.2, -0.15) is 0 Å². The third-order valence-electron chi connectivity index (χ3n) is 2.51. The van der Waals surface area contributed by atoms with Crippen molar-refractivity contribution in [2.45, 2.75) is 36.4 Å². The fourth-order valence-electron chi connectivity index (χ4n) is 1.52. The van der Waals surface area contributed by atoms with Gasteiger partial charge in [0.25, 0.3) is 3.79 Å². The molecule has 0 aliphatic heterocycles. The number of Topliss-reactive ketones (excluding diaryl/α,β-unsaturated/α-hetero) is 2. The molecule has 0 bridgehead atoms. The van der Waals surface area contributed by atoms with Gasteiger partial charge in [0, 0.05) is 18.2 Å². The number of unbranched alkanes of at least 4 members (excludes halogenated alkanes) is 2. The monoisotopic (exact) mass is 309 g/mol. The molecule has 100 valence electrons. The number of hydrogen-bond acceptors (Lipinski definition) is 2. The molecule has 0 saturated heterocycles. The Hall–Kier alpha value is -0.510. The molecule has 0 saturated carbocycles. The lowest BCUT2D eigenvalue weighted by Crippen LogP contribution is -2.19. The summed E-state index contributed by atoms with van der Waals surface area (Å²) in [5, 5.41) is 0. The molecule has 1 N–H and O–H groups in total. The van der Waals surface area contributed by atoms with Gasteiger partial charge >= 0.3 is 0 Å². The molecule has 0 aromatic carbocycles. The van der Waals surface area contributed by atoms with E-state index in [0.29, 0.717) is 12.0 Å². The summed E-state index contributed by atoms with van der Waals surface area (Å²) in [6, 6.07) is 1.43. The molecular formula is C12H14Cl3NO2. The van der Waals surface area contributed by atoms with Gasteiger partial charge in [0.15, 0.2) is 5.78 Å². The summed E-state index contributed by atoms with van der Waals surface area (Å²) in [5.41, 5.74) is 0.581. The number of rotatable bonds is 6. The number of carbonyl (C=O) groups is 2. The van der Waals surface area contributed by atoms with E-state index in [2.05, 4.69) is 11.9 Å². The number of carbonyl (C=O) groups excluding carboxylic acids is 2. The van der Waals surface area contributed by atoms with Crippen molar-refractivity contribution in [1.29, 1.82) is 0 Å². The van der Waals surface area contributed by atoms with Crippen LogP contribution in [0.3, 0.4) is 0 Å². The molecule has 0 fully saturated rings. The summed E-state index contributed by atoms with van der Waals surface area (Å²) >= 11 is 16.5. The van der Waals surface area contributed by atoms with Crippen LogP contribution in [-0.4, -0.2) is 20.3 Å². The molecule has 0 unspecified atom stereocenters. The molecule has 1 heterocycles. The SMILES string of the molecule is CCCCCC(=O)c1c[nH]c(C(=O)C(Cl)(Cl)Cl)c1. The van der Waals surface area contributed by atoms with E-state index in [0.717, 1.165) is 19.3 Å². The van der Waals surface area contributed by atoms with Crippen molar-refractivity contribution in [2.75, 3.05) is 0 Å². The van der Waals surface area contributed by atoms with E-state index in [4.69, 9.17) is 34.8 Å². The largest absolute Gasteiger partial charge is 0.358 e. The van der Waals surface area contributed by atoms with Crippen molar-refractivity contribution in [2.24, 2.45) is 0 Å². The van der Waals surface area contributed by atoms with Gasteiger partial charge in [0.2, 0.25) is 5.78 Å². The summed E-state index contributed by atoms with van der Waals surface area (Å²) in [6.45, 7) is 2.07. The standard InChI is InChI=1S/C12H14Cl3NO2/c1-2-3-4-5-10(17)8-6-9(16-7-8)11(18)12(13,14)15/h6-7,16H,2-5H2,1H3. The van der Waals surface area contributed by atoms with Crippen LogP contribution < -0.4 is 0 Å². The van der Waals surface area contributed by atoms with E-state index in [1.165, 1.54) is 12.3 Å². The summed E-state index contributed by atoms with van der Waals surface area (Å²) < 4.78 is -2.01. The van der Waals surface area contributed by atoms with Crippen molar-refractivity contribution in [1.82, 2.24) is 4.98 Å². The molecule has 0 aliphatic carbocycles. The first-order valence-corrected chi connectivity index (χ1v) is 6.82. The average molecular weight is 311 g/mol. The zero-order valence-corrected chi connectivity index (χ0v) is 12.2. The van der Waals surface area contributed by atoms with Gasteiger partial charge in [-0.3, -0.25) is 9.59 Å². The van der Waals surface area contributed by atoms with Crippen molar-refractivity contribution in [3.63, 3.8) is 0 Å². The lowest BCUT2D eigenvalue weighted by molar-refractivity contribution is 0.0978. The Morgan fingerprint density at radius 3 is 2.50 bits per heavy atom. The molecule has 0 radical (unpaired) electrons. The van der Waals surface area contributed by atoms with Crippen molar-refractivity contribution in [3.8, 4) is 0 Å². The summed E-state index contributed by atoms with van der Waals surface area (Å²) in [5.74, 6) is -0.678. The molecule has 18 heavy (non-hydrogen) atoms. The molecule has 1 aromatic rings. The molecule has 6 heteroatoms. The van der Waals surface area contributed by atoms with Gasteiger partial charge in [0.1, 0.15) is 0 Å². The summed E-state index contributed by atoms with van der Waals surface area (Å²) in [7, 11) is 0. The van der Waals surface area contributed by atoms with Gasteiger partial charge < -0.3 is 4.98 Å². The Labute approximate surface area is 121 Å². The van der Waals surface area contributed by atoms with Crippen LogP contribution in [0.15, 0.2) is 12.3 Å². The van der Waals surface area contributed by atoms with Gasteiger partial charge in [-0.1, -0.05) is 54.6 Å². The number of nitrogens with one attached hydrogen (secondary N) is 1. The normalized spacial score (nSPS) is 11.6. The minimum absolute atomic E-state index is 0.0110. The lowest BCUT2D eigenvalue weighted by Gasteiger charge is -2.06. The fourth-order valence-corrected chi connectivity index (χ4v) is 1.82. The third kappa shape index (κ3) is 4.30. The predicted molar refractivity (Wildman–Crippen MR) is 73.9 cm³/mol. The minimum Gasteiger partial charge on any atom is -0.358 e. The zero-order chi connectivity index (χ0) is 13.8. The van der Waals surface area contributed by atoms with E-state index in [1.807, 2.05) is 0 Å². The Morgan fingerprint density at radius 2 is 1.94 bits per heavy atom. The highest BCUT2D eigenvalue weighted by atomic mass is 35.6. The van der Waals surface area contributed by atoms with Crippen LogP contribution in [0.2, 0.25) is 0 Å². The highest BCUT2D eigenvalue weighted by molar-refractivity contribution is 6.77. The van der Waals surface area contributed by atoms with Crippen molar-refractivity contribution >= 4 is 46.4 Å². The molecule has 0 amide bonds. The van der Waals surface area contributed by atoms with Gasteiger partial charge in [-0.25, -0.2) is 0 Å². The van der Waals surface area contributed by atoms with Gasteiger partial charge in [-0.05, 0) is 12.5 Å². The number of alkyl halides is 3. The van der Waals surface area contributed by atoms with E-state index < -0.39 is 9.58 Å². The quantitative estimate of drug-likeness (QED) is 0.483. The topological polar surface area (TPSA) is 49.9 Å². The van der Waals surface area contributed by atoms with Crippen LogP contribution in [0.1, 0.15) is 53.5 Å². The minimum atomic E-state index is -2.01. The molecule has 0 atom stereocenters. The smallest absolute Gasteiger partial charge is 0.254 e. The summed E-state index contributed by atoms with van der Waals surface area (Å²) in [6.07, 6.45) is 4.84. The highest BCUT2D eigenvalue weighted by Gasteiger charge is 2.32. The van der Waals surface area contributed by atoms with Crippen LogP contribution in [-0.2, 0) is 0 Å². The van der Waals surface area contributed by atoms with Gasteiger partial charge in [-0.15, -0.1) is 0 Å². The number of aromatic nitrogens is 1. The number of hydrogen-bond donors (Lipinski definition) is 1. The first kappa shape index (κ1) is 15.5. The Balaban J connectivity index is 2.69. The second-order valence-electron chi connectivity index (χ2n) is 4.01. The van der Waals surface area contributed by atoms with Crippen molar-refractivity contribution < 1.29 is 9.59 Å². The maximum Gasteiger partial charge on any atom is 0.254 e. The Kier molecular flexibility index (Phi) is 5.70. The maximum atomic E-state index is 11.8. The van der Waals surface area contributed by atoms with Crippen LogP contribution in [0.4, 0.5) is 0 Å². The first-order chi connectivity index (χ1) is 8.36. The molecule has 0 aliphatic rings. The Bertz CT molecular complexity index is 435. The predicted octanol–water partition coefficient (Wildman–Crippen LogP) is 4.33. The number of aromatic amines is 1. The molecule has 0 spiro atoms. The number of H-pyrrole nitrogens is 1. The molecule has 1 rings (SSSR count). The van der Waals surface area contributed by atoms with E-state index in [9.17, 15) is 9.59 Å². The van der Waals surface area contributed by atoms with Crippen LogP contribution in [0, 0.1) is 0 Å². The van der Waals surface area contributed by atoms with Crippen LogP contribution in [0.5, 0.6) is 0 Å². The Morgan fingerprint density at radius 1 is 1.28 bits per heavy atom. The van der Waals surface area contributed by atoms with Crippen LogP contribution >= 0.6 is 34.8 Å². The van der Waals surface area contributed by atoms with Gasteiger partial charge in [0.05, 0.1) is 5.69 Å². The van der Waals surface area contributed by atoms with E-state index in [1.54, 1.807) is 0 Å². The van der Waals surface area contributed by atoms with Crippen molar-refractivity contribution in [3.05, 3.63) is 23.5 Å². The zero-order valence-electron chi connectivity index (χ0n) is 9.93. The molecule has 3 nitrogen and oxygen atoms in total. The number of halogens is 3. The second-order valence-corrected chi connectivity index (χ2v) is 6.29. The highest BCUT2D eigenvalue weighted by Crippen LogP contribution is 2.30. The fraction of sp³-hybridized carbons (Fsp3) is 0.500. The maximum absolute atomic E-state index is 11.8. The number of ketones is 2.